The number of aliphatic hydroxyl groups is 1. The van der Waals surface area contributed by atoms with Crippen LogP contribution in [0, 0.1) is 0 Å². The number of ketones is 2. The molecule has 2 rings (SSSR count). The Balaban J connectivity index is 2.39. The second-order valence-corrected chi connectivity index (χ2v) is 5.90. The van der Waals surface area contributed by atoms with Crippen molar-refractivity contribution in [1.82, 2.24) is 10.1 Å². The van der Waals surface area contributed by atoms with E-state index in [9.17, 15) is 14.7 Å². The molecular weight excluding hydrogens is 312 g/mol. The number of aromatic nitrogens is 1. The van der Waals surface area contributed by atoms with E-state index in [0.29, 0.717) is 6.61 Å². The van der Waals surface area contributed by atoms with Crippen molar-refractivity contribution in [2.75, 3.05) is 20.7 Å². The number of ether oxygens (including phenoxy) is 1. The van der Waals surface area contributed by atoms with Crippen LogP contribution < -0.4 is 4.74 Å². The highest BCUT2D eigenvalue weighted by Gasteiger charge is 2.45. The standard InChI is InChI=1S/C17H22N2O5/c1-4-5-10-23-16-14(12(24-18-16)11-19(2)3)15(21)17(22)9-7-6-8-13(17)20/h6-9,22H,4-5,10-11H2,1-3H3/t17-/m0/s1. The second kappa shape index (κ2) is 7.55. The first kappa shape index (κ1) is 18.1. The molecular formula is C17H22N2O5. The van der Waals surface area contributed by atoms with Gasteiger partial charge in [0.05, 0.1) is 13.2 Å². The number of Topliss-reactive ketones (excluding diaryl/α,β-unsaturated/α-hetero) is 1. The van der Waals surface area contributed by atoms with Crippen molar-refractivity contribution in [3.05, 3.63) is 35.6 Å². The average Bonchev–Trinajstić information content (AvgIpc) is 2.91. The van der Waals surface area contributed by atoms with Gasteiger partial charge < -0.3 is 19.3 Å². The molecule has 1 N–H and O–H groups in total. The highest BCUT2D eigenvalue weighted by molar-refractivity contribution is 6.23. The zero-order valence-corrected chi connectivity index (χ0v) is 14.1. The molecule has 7 heteroatoms. The fourth-order valence-corrected chi connectivity index (χ4v) is 2.26. The predicted octanol–water partition coefficient (Wildman–Crippen LogP) is 1.52. The fourth-order valence-electron chi connectivity index (χ4n) is 2.26. The summed E-state index contributed by atoms with van der Waals surface area (Å²) in [5, 5.41) is 14.4. The maximum Gasteiger partial charge on any atom is 0.265 e. The van der Waals surface area contributed by atoms with E-state index in [4.69, 9.17) is 9.26 Å². The van der Waals surface area contributed by atoms with E-state index in [1.54, 1.807) is 19.0 Å². The SMILES string of the molecule is CCCCOc1noc(CN(C)C)c1C(=O)[C@]1(O)C=CC=CC1=O. The summed E-state index contributed by atoms with van der Waals surface area (Å²) in [6, 6.07) is 0. The Bertz CT molecular complexity index is 675. The molecule has 0 fully saturated rings. The molecule has 7 nitrogen and oxygen atoms in total. The quantitative estimate of drug-likeness (QED) is 0.438. The van der Waals surface area contributed by atoms with Crippen LogP contribution in [0.3, 0.4) is 0 Å². The molecule has 0 bridgehead atoms. The van der Waals surface area contributed by atoms with Crippen LogP contribution in [0.5, 0.6) is 5.88 Å². The zero-order chi connectivity index (χ0) is 17.7. The van der Waals surface area contributed by atoms with E-state index in [-0.39, 0.29) is 23.7 Å². The highest BCUT2D eigenvalue weighted by Crippen LogP contribution is 2.29. The van der Waals surface area contributed by atoms with Gasteiger partial charge in [0.1, 0.15) is 5.56 Å². The molecule has 0 aliphatic heterocycles. The van der Waals surface area contributed by atoms with Gasteiger partial charge in [-0.05, 0) is 37.8 Å². The Morgan fingerprint density at radius 2 is 2.17 bits per heavy atom. The molecule has 0 aromatic carbocycles. The Morgan fingerprint density at radius 3 is 2.79 bits per heavy atom. The lowest BCUT2D eigenvalue weighted by atomic mass is 9.86. The van der Waals surface area contributed by atoms with Gasteiger partial charge in [-0.1, -0.05) is 25.5 Å². The summed E-state index contributed by atoms with van der Waals surface area (Å²) in [6.45, 7) is 2.66. The number of rotatable bonds is 8. The summed E-state index contributed by atoms with van der Waals surface area (Å²) in [5.41, 5.74) is -2.25. The van der Waals surface area contributed by atoms with Crippen LogP contribution in [-0.4, -0.2) is 53.0 Å². The summed E-state index contributed by atoms with van der Waals surface area (Å²) in [6.07, 6.45) is 6.96. The van der Waals surface area contributed by atoms with E-state index < -0.39 is 17.2 Å². The zero-order valence-electron chi connectivity index (χ0n) is 14.1. The minimum atomic E-state index is -2.26. The lowest BCUT2D eigenvalue weighted by molar-refractivity contribution is -0.124. The smallest absolute Gasteiger partial charge is 0.265 e. The summed E-state index contributed by atoms with van der Waals surface area (Å²) in [7, 11) is 3.61. The van der Waals surface area contributed by atoms with Crippen LogP contribution in [0.1, 0.15) is 35.9 Å². The molecule has 1 aromatic rings. The number of hydrogen-bond donors (Lipinski definition) is 1. The lowest BCUT2D eigenvalue weighted by Crippen LogP contribution is -2.45. The van der Waals surface area contributed by atoms with Crippen molar-refractivity contribution in [2.24, 2.45) is 0 Å². The number of unbranched alkanes of at least 4 members (excludes halogenated alkanes) is 1. The minimum absolute atomic E-state index is 0.00878. The topological polar surface area (TPSA) is 92.9 Å². The molecule has 1 atom stereocenters. The summed E-state index contributed by atoms with van der Waals surface area (Å²) < 4.78 is 10.8. The van der Waals surface area contributed by atoms with Gasteiger partial charge in [0.15, 0.2) is 11.5 Å². The van der Waals surface area contributed by atoms with Crippen molar-refractivity contribution in [2.45, 2.75) is 31.9 Å². The molecule has 0 radical (unpaired) electrons. The van der Waals surface area contributed by atoms with Gasteiger partial charge in [0, 0.05) is 0 Å². The highest BCUT2D eigenvalue weighted by atomic mass is 16.5. The first-order valence-electron chi connectivity index (χ1n) is 7.83. The molecule has 1 aromatic heterocycles. The molecule has 1 aliphatic rings. The summed E-state index contributed by atoms with van der Waals surface area (Å²) in [4.78, 5) is 26.7. The number of allylic oxidation sites excluding steroid dienone is 2. The van der Waals surface area contributed by atoms with Crippen LogP contribution in [0.25, 0.3) is 0 Å². The third-order valence-corrected chi connectivity index (χ3v) is 3.57. The maximum absolute atomic E-state index is 12.9. The van der Waals surface area contributed by atoms with Gasteiger partial charge in [-0.15, -0.1) is 0 Å². The Morgan fingerprint density at radius 1 is 1.42 bits per heavy atom. The number of carbonyl (C=O) groups is 2. The normalized spacial score (nSPS) is 20.0. The fraction of sp³-hybridized carbons (Fsp3) is 0.471. The Hall–Kier alpha value is -2.25. The summed E-state index contributed by atoms with van der Waals surface area (Å²) in [5.74, 6) is -1.24. The summed E-state index contributed by atoms with van der Waals surface area (Å²) >= 11 is 0. The van der Waals surface area contributed by atoms with E-state index in [2.05, 4.69) is 5.16 Å². The third-order valence-electron chi connectivity index (χ3n) is 3.57. The first-order chi connectivity index (χ1) is 11.4. The van der Waals surface area contributed by atoms with E-state index in [1.165, 1.54) is 18.2 Å². The molecule has 0 saturated carbocycles. The largest absolute Gasteiger partial charge is 0.475 e. The Labute approximate surface area is 140 Å². The molecule has 0 saturated heterocycles. The monoisotopic (exact) mass is 334 g/mol. The Kier molecular flexibility index (Phi) is 5.69. The van der Waals surface area contributed by atoms with Gasteiger partial charge >= 0.3 is 0 Å². The van der Waals surface area contributed by atoms with E-state index >= 15 is 0 Å². The molecule has 24 heavy (non-hydrogen) atoms. The number of carbonyl (C=O) groups excluding carboxylic acids is 2. The van der Waals surface area contributed by atoms with E-state index in [1.807, 2.05) is 6.92 Å². The number of nitrogens with zero attached hydrogens (tertiary/aromatic N) is 2. The van der Waals surface area contributed by atoms with Gasteiger partial charge in [0.25, 0.3) is 5.88 Å². The lowest BCUT2D eigenvalue weighted by Gasteiger charge is -2.22. The van der Waals surface area contributed by atoms with Crippen molar-refractivity contribution >= 4 is 11.6 Å². The van der Waals surface area contributed by atoms with Crippen molar-refractivity contribution in [3.63, 3.8) is 0 Å². The van der Waals surface area contributed by atoms with Crippen molar-refractivity contribution in [3.8, 4) is 5.88 Å². The van der Waals surface area contributed by atoms with Gasteiger partial charge in [-0.25, -0.2) is 0 Å². The third kappa shape index (κ3) is 3.63. The molecule has 130 valence electrons. The van der Waals surface area contributed by atoms with Crippen LogP contribution in [0.15, 0.2) is 28.8 Å². The maximum atomic E-state index is 12.9. The van der Waals surface area contributed by atoms with Crippen LogP contribution in [0.4, 0.5) is 0 Å². The van der Waals surface area contributed by atoms with Crippen molar-refractivity contribution in [1.29, 1.82) is 0 Å². The van der Waals surface area contributed by atoms with Crippen LogP contribution >= 0.6 is 0 Å². The molecule has 1 heterocycles. The molecule has 0 spiro atoms. The first-order valence-corrected chi connectivity index (χ1v) is 7.83. The van der Waals surface area contributed by atoms with Crippen LogP contribution in [-0.2, 0) is 11.3 Å². The second-order valence-electron chi connectivity index (χ2n) is 5.90. The van der Waals surface area contributed by atoms with Gasteiger partial charge in [0.2, 0.25) is 11.4 Å². The number of hydrogen-bond acceptors (Lipinski definition) is 7. The average molecular weight is 334 g/mol. The predicted molar refractivity (Wildman–Crippen MR) is 86.9 cm³/mol. The van der Waals surface area contributed by atoms with Crippen LogP contribution in [0.2, 0.25) is 0 Å². The molecule has 0 amide bonds. The van der Waals surface area contributed by atoms with Gasteiger partial charge in [-0.2, -0.15) is 0 Å². The van der Waals surface area contributed by atoms with E-state index in [0.717, 1.165) is 18.9 Å². The minimum Gasteiger partial charge on any atom is -0.475 e. The van der Waals surface area contributed by atoms with Crippen molar-refractivity contribution < 1.29 is 24.0 Å². The molecule has 0 unspecified atom stereocenters. The van der Waals surface area contributed by atoms with Gasteiger partial charge in [-0.3, -0.25) is 9.59 Å². The molecule has 1 aliphatic carbocycles.